The van der Waals surface area contributed by atoms with Gasteiger partial charge in [-0.1, -0.05) is 20.8 Å². The van der Waals surface area contributed by atoms with E-state index in [1.54, 1.807) is 27.7 Å². The molecule has 32 heavy (non-hydrogen) atoms. The Morgan fingerprint density at radius 3 is 1.50 bits per heavy atom. The summed E-state index contributed by atoms with van der Waals surface area (Å²) in [5.74, 6) is -0.198. The third kappa shape index (κ3) is 7.74. The van der Waals surface area contributed by atoms with Crippen molar-refractivity contribution in [2.75, 3.05) is 33.0 Å². The van der Waals surface area contributed by atoms with E-state index >= 15 is 0 Å². The first-order valence-electron chi connectivity index (χ1n) is 11.3. The molecule has 0 saturated carbocycles. The largest absolute Gasteiger partial charge is 0.392 e. The van der Waals surface area contributed by atoms with Gasteiger partial charge in [-0.05, 0) is 52.2 Å². The fourth-order valence-corrected chi connectivity index (χ4v) is 11.5. The molecule has 0 bridgehead atoms. The summed E-state index contributed by atoms with van der Waals surface area (Å²) in [5.41, 5.74) is 0. The summed E-state index contributed by atoms with van der Waals surface area (Å²) in [6.45, 7) is 18.7. The van der Waals surface area contributed by atoms with Crippen LogP contribution in [0.25, 0.3) is 0 Å². The SMILES string of the molecule is CCOP(=O)(OCC)C(CCCNC(C)=O)(O[Si](C)(C)C(C)(C)C)P(=O)(OCC)OCC. The van der Waals surface area contributed by atoms with E-state index < -0.39 is 28.6 Å². The van der Waals surface area contributed by atoms with Crippen LogP contribution < -0.4 is 5.32 Å². The Kier molecular flexibility index (Phi) is 13.1. The van der Waals surface area contributed by atoms with E-state index in [9.17, 15) is 13.9 Å². The van der Waals surface area contributed by atoms with E-state index in [1.165, 1.54) is 6.92 Å². The monoisotopic (exact) mass is 517 g/mol. The molecule has 0 saturated heterocycles. The standard InChI is InChI=1S/C20H45NO8P2Si/c1-11-25-30(23,26-12-2)20(16-15-17-21-18(5)22,29-32(9,10)19(6,7)8)31(24,27-13-3)28-14-4/h11-17H2,1-10H3,(H,21,22). The minimum atomic E-state index is -4.18. The molecule has 1 amide bonds. The van der Waals surface area contributed by atoms with E-state index in [1.807, 2.05) is 33.9 Å². The number of hydrogen-bond acceptors (Lipinski definition) is 8. The molecule has 9 nitrogen and oxygen atoms in total. The molecule has 0 aromatic carbocycles. The lowest BCUT2D eigenvalue weighted by molar-refractivity contribution is -0.118. The van der Waals surface area contributed by atoms with E-state index in [-0.39, 0.29) is 50.3 Å². The van der Waals surface area contributed by atoms with Crippen LogP contribution in [-0.4, -0.2) is 52.3 Å². The maximum atomic E-state index is 14.4. The van der Waals surface area contributed by atoms with Crippen molar-refractivity contribution in [3.05, 3.63) is 0 Å². The summed E-state index contributed by atoms with van der Waals surface area (Å²) in [5, 5.41) is 0.440. The molecule has 192 valence electrons. The zero-order chi connectivity index (χ0) is 25.3. The number of carbonyl (C=O) groups is 1. The third-order valence-electron chi connectivity index (χ3n) is 5.33. The number of hydrogen-bond donors (Lipinski definition) is 1. The zero-order valence-electron chi connectivity index (χ0n) is 21.6. The normalized spacial score (nSPS) is 13.9. The van der Waals surface area contributed by atoms with Crippen LogP contribution in [0.5, 0.6) is 0 Å². The Morgan fingerprint density at radius 1 is 0.844 bits per heavy atom. The van der Waals surface area contributed by atoms with Crippen LogP contribution in [0.2, 0.25) is 18.1 Å². The van der Waals surface area contributed by atoms with Crippen molar-refractivity contribution < 1.29 is 36.4 Å². The second-order valence-electron chi connectivity index (χ2n) is 8.86. The summed E-state index contributed by atoms with van der Waals surface area (Å²) >= 11 is 0. The van der Waals surface area contributed by atoms with Gasteiger partial charge in [0, 0.05) is 19.9 Å². The van der Waals surface area contributed by atoms with Gasteiger partial charge in [0.15, 0.2) is 8.32 Å². The molecule has 0 aliphatic rings. The Bertz CT molecular complexity index is 631. The van der Waals surface area contributed by atoms with E-state index in [4.69, 9.17) is 22.5 Å². The van der Waals surface area contributed by atoms with Gasteiger partial charge in [-0.15, -0.1) is 0 Å². The molecule has 0 atom stereocenters. The highest BCUT2D eigenvalue weighted by Gasteiger charge is 2.68. The lowest BCUT2D eigenvalue weighted by atomic mass is 10.2. The summed E-state index contributed by atoms with van der Waals surface area (Å²) in [7, 11) is -11.1. The molecule has 0 fully saturated rings. The van der Waals surface area contributed by atoms with Crippen LogP contribution in [0.1, 0.15) is 68.2 Å². The quantitative estimate of drug-likeness (QED) is 0.148. The van der Waals surface area contributed by atoms with Crippen LogP contribution >= 0.6 is 15.2 Å². The molecule has 0 aromatic heterocycles. The highest BCUT2D eigenvalue weighted by molar-refractivity contribution is 7.74. The number of amides is 1. The Labute approximate surface area is 195 Å². The molecule has 12 heteroatoms. The van der Waals surface area contributed by atoms with Crippen molar-refractivity contribution in [3.63, 3.8) is 0 Å². The summed E-state index contributed by atoms with van der Waals surface area (Å²) in [6, 6.07) is 0. The van der Waals surface area contributed by atoms with Crippen molar-refractivity contribution in [1.29, 1.82) is 0 Å². The van der Waals surface area contributed by atoms with Gasteiger partial charge in [0.2, 0.25) is 5.91 Å². The molecule has 0 aliphatic carbocycles. The first kappa shape index (κ1) is 31.9. The topological polar surface area (TPSA) is 109 Å². The number of carbonyl (C=O) groups excluding carboxylic acids is 1. The van der Waals surface area contributed by atoms with Gasteiger partial charge in [0.25, 0.3) is 5.08 Å². The van der Waals surface area contributed by atoms with Crippen LogP contribution in [0.3, 0.4) is 0 Å². The van der Waals surface area contributed by atoms with Gasteiger partial charge < -0.3 is 27.8 Å². The van der Waals surface area contributed by atoms with E-state index in [0.717, 1.165) is 0 Å². The van der Waals surface area contributed by atoms with Crippen molar-refractivity contribution >= 4 is 29.4 Å². The maximum absolute atomic E-state index is 14.4. The van der Waals surface area contributed by atoms with Gasteiger partial charge >= 0.3 is 15.2 Å². The summed E-state index contributed by atoms with van der Waals surface area (Å²) < 4.78 is 58.4. The van der Waals surface area contributed by atoms with Crippen LogP contribution in [0, 0.1) is 0 Å². The van der Waals surface area contributed by atoms with Gasteiger partial charge in [-0.25, -0.2) is 0 Å². The van der Waals surface area contributed by atoms with Gasteiger partial charge in [0.05, 0.1) is 26.4 Å². The van der Waals surface area contributed by atoms with E-state index in [0.29, 0.717) is 6.42 Å². The molecule has 0 heterocycles. The fourth-order valence-electron chi connectivity index (χ4n) is 2.89. The first-order valence-corrected chi connectivity index (χ1v) is 17.3. The summed E-state index contributed by atoms with van der Waals surface area (Å²) in [6.07, 6.45) is 0.302. The smallest absolute Gasteiger partial charge is 0.373 e. The van der Waals surface area contributed by atoms with Gasteiger partial charge in [-0.3, -0.25) is 13.9 Å². The Balaban J connectivity index is 7.01. The van der Waals surface area contributed by atoms with Crippen molar-refractivity contribution in [3.8, 4) is 0 Å². The molecule has 0 radical (unpaired) electrons. The molecule has 0 spiro atoms. The third-order valence-corrected chi connectivity index (χ3v) is 16.3. The average molecular weight is 518 g/mol. The van der Waals surface area contributed by atoms with Crippen molar-refractivity contribution in [2.24, 2.45) is 0 Å². The van der Waals surface area contributed by atoms with Crippen molar-refractivity contribution in [1.82, 2.24) is 5.32 Å². The first-order chi connectivity index (χ1) is 14.6. The molecule has 0 aromatic rings. The maximum Gasteiger partial charge on any atom is 0.373 e. The van der Waals surface area contributed by atoms with Gasteiger partial charge in [0.1, 0.15) is 0 Å². The van der Waals surface area contributed by atoms with Crippen LogP contribution in [-0.2, 0) is 36.4 Å². The predicted molar refractivity (Wildman–Crippen MR) is 131 cm³/mol. The van der Waals surface area contributed by atoms with Gasteiger partial charge in [-0.2, -0.15) is 0 Å². The molecule has 0 unspecified atom stereocenters. The second-order valence-corrected chi connectivity index (χ2v) is 18.4. The minimum Gasteiger partial charge on any atom is -0.392 e. The Hall–Kier alpha value is -0.0531. The second kappa shape index (κ2) is 13.1. The van der Waals surface area contributed by atoms with Crippen LogP contribution in [0.4, 0.5) is 0 Å². The van der Waals surface area contributed by atoms with Crippen molar-refractivity contribution in [2.45, 2.75) is 91.4 Å². The number of nitrogens with one attached hydrogen (secondary N) is 1. The molecular weight excluding hydrogens is 472 g/mol. The molecule has 0 rings (SSSR count). The zero-order valence-corrected chi connectivity index (χ0v) is 24.4. The lowest BCUT2D eigenvalue weighted by Gasteiger charge is -2.48. The lowest BCUT2D eigenvalue weighted by Crippen LogP contribution is -2.50. The molecular formula is C20H45NO8P2Si. The highest BCUT2D eigenvalue weighted by Crippen LogP contribution is 2.80. The average Bonchev–Trinajstić information content (AvgIpc) is 2.63. The molecule has 1 N–H and O–H groups in total. The predicted octanol–water partition coefficient (Wildman–Crippen LogP) is 6.11. The Morgan fingerprint density at radius 2 is 1.22 bits per heavy atom. The van der Waals surface area contributed by atoms with E-state index in [2.05, 4.69) is 5.32 Å². The molecule has 0 aliphatic heterocycles. The minimum absolute atomic E-state index is 0.00561. The highest BCUT2D eigenvalue weighted by atomic mass is 31.2. The fraction of sp³-hybridized carbons (Fsp3) is 0.950. The number of rotatable bonds is 16. The summed E-state index contributed by atoms with van der Waals surface area (Å²) in [4.78, 5) is 11.4. The van der Waals surface area contributed by atoms with Crippen LogP contribution in [0.15, 0.2) is 0 Å².